The maximum Gasteiger partial charge on any atom is 0.248 e. The van der Waals surface area contributed by atoms with Crippen LogP contribution in [0, 0.1) is 0 Å². The van der Waals surface area contributed by atoms with Crippen LogP contribution in [0.1, 0.15) is 0 Å². The van der Waals surface area contributed by atoms with Gasteiger partial charge in [0.1, 0.15) is 11.1 Å². The Morgan fingerprint density at radius 1 is 0.429 bits per heavy atom. The summed E-state index contributed by atoms with van der Waals surface area (Å²) in [5.41, 5.74) is 10.5. The van der Waals surface area contributed by atoms with E-state index in [9.17, 15) is 0 Å². The van der Waals surface area contributed by atoms with Gasteiger partial charge in [-0.15, -0.1) is 0 Å². The molecular weight excluding hydrogens is 605 g/mol. The number of nitrogens with zero attached hydrogens (tertiary/aromatic N) is 6. The molecule has 0 spiro atoms. The molecule has 7 nitrogen and oxygen atoms in total. The number of benzene rings is 6. The van der Waals surface area contributed by atoms with Gasteiger partial charge >= 0.3 is 0 Å². The molecule has 0 aliphatic rings. The van der Waals surface area contributed by atoms with Crippen LogP contribution >= 0.6 is 0 Å². The van der Waals surface area contributed by atoms with E-state index in [1.807, 2.05) is 84.9 Å². The zero-order chi connectivity index (χ0) is 32.3. The molecule has 0 fully saturated rings. The van der Waals surface area contributed by atoms with Crippen molar-refractivity contribution in [1.82, 2.24) is 28.9 Å². The van der Waals surface area contributed by atoms with Crippen LogP contribution in [0.3, 0.4) is 0 Å². The molecule has 0 saturated carbocycles. The van der Waals surface area contributed by atoms with Gasteiger partial charge in [-0.05, 0) is 53.6 Å². The maximum atomic E-state index is 6.20. The highest BCUT2D eigenvalue weighted by Gasteiger charge is 2.22. The summed E-state index contributed by atoms with van der Waals surface area (Å²) in [5.74, 6) is 2.70. The van der Waals surface area contributed by atoms with Crippen molar-refractivity contribution in [2.45, 2.75) is 0 Å². The van der Waals surface area contributed by atoms with Gasteiger partial charge < -0.3 is 4.42 Å². The number of furan rings is 1. The Kier molecular flexibility index (Phi) is 6.04. The van der Waals surface area contributed by atoms with Crippen molar-refractivity contribution in [2.24, 2.45) is 0 Å². The van der Waals surface area contributed by atoms with Crippen molar-refractivity contribution in [3.05, 3.63) is 158 Å². The first kappa shape index (κ1) is 27.3. The van der Waals surface area contributed by atoms with E-state index < -0.39 is 0 Å². The van der Waals surface area contributed by atoms with Crippen LogP contribution in [-0.4, -0.2) is 28.9 Å². The predicted octanol–water partition coefficient (Wildman–Crippen LogP) is 10.0. The Bertz CT molecular complexity index is 2760. The molecule has 0 aliphatic heterocycles. The Balaban J connectivity index is 1.16. The number of para-hydroxylation sites is 2. The van der Waals surface area contributed by atoms with E-state index in [1.54, 1.807) is 0 Å². The molecular formula is C42H26N6O. The molecule has 7 heteroatoms. The molecule has 0 bridgehead atoms. The topological polar surface area (TPSA) is 74.0 Å². The second-order valence-corrected chi connectivity index (χ2v) is 12.0. The summed E-state index contributed by atoms with van der Waals surface area (Å²) >= 11 is 0. The zero-order valence-electron chi connectivity index (χ0n) is 26.1. The van der Waals surface area contributed by atoms with E-state index in [0.29, 0.717) is 23.2 Å². The average Bonchev–Trinajstić information content (AvgIpc) is 3.82. The fraction of sp³-hybridized carbons (Fsp3) is 0. The van der Waals surface area contributed by atoms with Crippen molar-refractivity contribution in [3.8, 4) is 51.0 Å². The summed E-state index contributed by atoms with van der Waals surface area (Å²) in [5, 5.41) is 1.04. The second kappa shape index (κ2) is 10.9. The molecule has 4 aromatic heterocycles. The van der Waals surface area contributed by atoms with Crippen LogP contribution in [0.15, 0.2) is 162 Å². The molecule has 6 aromatic carbocycles. The van der Waals surface area contributed by atoms with Crippen LogP contribution < -0.4 is 0 Å². The fourth-order valence-electron chi connectivity index (χ4n) is 6.72. The standard InChI is InChI=1S/C42H26N6O/c1-4-13-27(14-5-1)38-43-39(28-15-6-2-7-16-28)45-40(44-38)31-18-12-17-29(25-31)30-23-24-34-35(26-30)47(32-19-8-3-9-20-32)42-46-41-37(48(34)42)33-21-10-11-22-36(33)49-41/h1-26H. The van der Waals surface area contributed by atoms with Crippen LogP contribution in [0.4, 0.5) is 0 Å². The van der Waals surface area contributed by atoms with Gasteiger partial charge in [-0.3, -0.25) is 8.97 Å². The van der Waals surface area contributed by atoms with Gasteiger partial charge in [-0.25, -0.2) is 15.0 Å². The lowest BCUT2D eigenvalue weighted by molar-refractivity contribution is 0.656. The van der Waals surface area contributed by atoms with Crippen molar-refractivity contribution >= 4 is 39.0 Å². The van der Waals surface area contributed by atoms with Crippen LogP contribution in [0.25, 0.3) is 90.0 Å². The van der Waals surface area contributed by atoms with Crippen molar-refractivity contribution in [2.75, 3.05) is 0 Å². The summed E-state index contributed by atoms with van der Waals surface area (Å²) in [6.45, 7) is 0. The highest BCUT2D eigenvalue weighted by Crippen LogP contribution is 2.37. The maximum absolute atomic E-state index is 6.20. The molecule has 10 aromatic rings. The molecule has 10 rings (SSSR count). The van der Waals surface area contributed by atoms with E-state index in [4.69, 9.17) is 24.4 Å². The normalized spacial score (nSPS) is 11.7. The smallest absolute Gasteiger partial charge is 0.248 e. The quantitative estimate of drug-likeness (QED) is 0.189. The SMILES string of the molecule is c1ccc(-c2nc(-c3ccccc3)nc(-c3cccc(-c4ccc5c(c4)n(-c4ccccc4)c4nc6oc7ccccc7c6n54)c3)n2)cc1. The van der Waals surface area contributed by atoms with Crippen molar-refractivity contribution < 1.29 is 4.42 Å². The van der Waals surface area contributed by atoms with Gasteiger partial charge in [0.2, 0.25) is 11.5 Å². The highest BCUT2D eigenvalue weighted by atomic mass is 16.3. The molecule has 0 unspecified atom stereocenters. The third kappa shape index (κ3) is 4.44. The van der Waals surface area contributed by atoms with Crippen LogP contribution in [0.2, 0.25) is 0 Å². The first-order valence-corrected chi connectivity index (χ1v) is 16.2. The Hall–Kier alpha value is -6.86. The largest absolute Gasteiger partial charge is 0.436 e. The summed E-state index contributed by atoms with van der Waals surface area (Å²) < 4.78 is 10.6. The third-order valence-electron chi connectivity index (χ3n) is 9.00. The number of fused-ring (bicyclic) bond motifs is 7. The Labute approximate surface area is 280 Å². The van der Waals surface area contributed by atoms with Crippen molar-refractivity contribution in [3.63, 3.8) is 0 Å². The van der Waals surface area contributed by atoms with Gasteiger partial charge in [0.25, 0.3) is 0 Å². The minimum Gasteiger partial charge on any atom is -0.436 e. The Morgan fingerprint density at radius 2 is 1.00 bits per heavy atom. The van der Waals surface area contributed by atoms with Gasteiger partial charge in [0.15, 0.2) is 17.5 Å². The number of hydrogen-bond acceptors (Lipinski definition) is 5. The summed E-state index contributed by atoms with van der Waals surface area (Å²) in [6, 6.07) is 53.5. The molecule has 0 N–H and O–H groups in total. The average molecular weight is 631 g/mol. The van der Waals surface area contributed by atoms with Crippen molar-refractivity contribution in [1.29, 1.82) is 0 Å². The van der Waals surface area contributed by atoms with Crippen LogP contribution in [0.5, 0.6) is 0 Å². The predicted molar refractivity (Wildman–Crippen MR) is 194 cm³/mol. The lowest BCUT2D eigenvalue weighted by atomic mass is 10.0. The van der Waals surface area contributed by atoms with E-state index in [2.05, 4.69) is 81.8 Å². The van der Waals surface area contributed by atoms with E-state index >= 15 is 0 Å². The minimum absolute atomic E-state index is 0.621. The monoisotopic (exact) mass is 630 g/mol. The number of aromatic nitrogens is 6. The van der Waals surface area contributed by atoms with Gasteiger partial charge in [0.05, 0.1) is 11.0 Å². The van der Waals surface area contributed by atoms with Gasteiger partial charge in [-0.2, -0.15) is 4.98 Å². The van der Waals surface area contributed by atoms with Gasteiger partial charge in [0, 0.05) is 27.8 Å². The molecule has 230 valence electrons. The highest BCUT2D eigenvalue weighted by molar-refractivity contribution is 6.06. The molecule has 0 radical (unpaired) electrons. The summed E-state index contributed by atoms with van der Waals surface area (Å²) in [4.78, 5) is 19.8. The Morgan fingerprint density at radius 3 is 1.71 bits per heavy atom. The molecule has 0 atom stereocenters. The second-order valence-electron chi connectivity index (χ2n) is 12.0. The molecule has 49 heavy (non-hydrogen) atoms. The summed E-state index contributed by atoms with van der Waals surface area (Å²) in [7, 11) is 0. The number of imidazole rings is 2. The molecule has 0 amide bonds. The molecule has 0 aliphatic carbocycles. The van der Waals surface area contributed by atoms with E-state index in [0.717, 1.165) is 66.8 Å². The minimum atomic E-state index is 0.621. The molecule has 4 heterocycles. The summed E-state index contributed by atoms with van der Waals surface area (Å²) in [6.07, 6.45) is 0. The van der Waals surface area contributed by atoms with E-state index in [-0.39, 0.29) is 0 Å². The van der Waals surface area contributed by atoms with E-state index in [1.165, 1.54) is 0 Å². The van der Waals surface area contributed by atoms with Gasteiger partial charge in [-0.1, -0.05) is 115 Å². The number of rotatable bonds is 5. The zero-order valence-corrected chi connectivity index (χ0v) is 26.1. The number of hydrogen-bond donors (Lipinski definition) is 0. The lowest BCUT2D eigenvalue weighted by Gasteiger charge is -2.10. The third-order valence-corrected chi connectivity index (χ3v) is 9.00. The molecule has 0 saturated heterocycles. The first-order chi connectivity index (χ1) is 24.3. The first-order valence-electron chi connectivity index (χ1n) is 16.2. The lowest BCUT2D eigenvalue weighted by Crippen LogP contribution is -2.00. The fourth-order valence-corrected chi connectivity index (χ4v) is 6.72. The van der Waals surface area contributed by atoms with Crippen LogP contribution in [-0.2, 0) is 0 Å².